The second-order valence-corrected chi connectivity index (χ2v) is 8.02. The molecule has 0 unspecified atom stereocenters. The summed E-state index contributed by atoms with van der Waals surface area (Å²) in [6, 6.07) is 9.57. The normalized spacial score (nSPS) is 17.6. The highest BCUT2D eigenvalue weighted by Gasteiger charge is 2.30. The number of alkyl halides is 3. The summed E-state index contributed by atoms with van der Waals surface area (Å²) in [5.41, 5.74) is 3.13. The highest BCUT2D eigenvalue weighted by molar-refractivity contribution is 7.92. The minimum absolute atomic E-state index is 0.0801. The summed E-state index contributed by atoms with van der Waals surface area (Å²) in [4.78, 5) is 11.0. The molecule has 28 heavy (non-hydrogen) atoms. The highest BCUT2D eigenvalue weighted by Crippen LogP contribution is 2.30. The van der Waals surface area contributed by atoms with E-state index in [0.717, 1.165) is 17.7 Å². The predicted molar refractivity (Wildman–Crippen MR) is 97.2 cm³/mol. The summed E-state index contributed by atoms with van der Waals surface area (Å²) in [5, 5.41) is 4.03. The van der Waals surface area contributed by atoms with Gasteiger partial charge in [-0.2, -0.15) is 18.3 Å². The second kappa shape index (κ2) is 7.27. The molecule has 6 nitrogen and oxygen atoms in total. The monoisotopic (exact) mass is 411 g/mol. The molecule has 2 N–H and O–H groups in total. The number of hydrogen-bond donors (Lipinski definition) is 2. The molecule has 1 aliphatic heterocycles. The summed E-state index contributed by atoms with van der Waals surface area (Å²) in [7, 11) is -4.04. The lowest BCUT2D eigenvalue weighted by Gasteiger charge is -2.19. The van der Waals surface area contributed by atoms with Crippen LogP contribution in [0.25, 0.3) is 0 Å². The average Bonchev–Trinajstić information content (AvgIpc) is 2.62. The average molecular weight is 411 g/mol. The molecule has 10 heteroatoms. The van der Waals surface area contributed by atoms with Crippen molar-refractivity contribution < 1.29 is 26.4 Å². The number of nitrogens with zero attached hydrogens (tertiary/aromatic N) is 1. The van der Waals surface area contributed by atoms with Crippen LogP contribution in [0.4, 0.5) is 18.9 Å². The van der Waals surface area contributed by atoms with Crippen molar-refractivity contribution in [1.82, 2.24) is 5.43 Å². The van der Waals surface area contributed by atoms with Gasteiger partial charge in [0, 0.05) is 18.0 Å². The Balaban J connectivity index is 1.77. The lowest BCUT2D eigenvalue weighted by molar-refractivity contribution is -0.137. The number of carbonyl (C=O) groups is 1. The molecule has 0 spiro atoms. The largest absolute Gasteiger partial charge is 0.416 e. The standard InChI is InChI=1S/C18H16F3N3O3S/c1-11-10-16(25)22-23-17(11)12-2-6-14(7-3-12)24-28(26,27)15-8-4-13(5-9-15)18(19,20)21/h2-9,11,24H,10H2,1H3,(H,22,25)/t11-/m1/s1. The molecule has 0 fully saturated rings. The first kappa shape index (κ1) is 19.9. The van der Waals surface area contributed by atoms with E-state index in [9.17, 15) is 26.4 Å². The Morgan fingerprint density at radius 3 is 2.21 bits per heavy atom. The summed E-state index contributed by atoms with van der Waals surface area (Å²) in [6.07, 6.45) is -4.23. The van der Waals surface area contributed by atoms with Crippen LogP contribution in [-0.2, 0) is 21.0 Å². The Hall–Kier alpha value is -2.88. The Labute approximate surface area is 159 Å². The smallest absolute Gasteiger partial charge is 0.280 e. The van der Waals surface area contributed by atoms with E-state index in [0.29, 0.717) is 24.3 Å². The number of halogens is 3. The van der Waals surface area contributed by atoms with Crippen LogP contribution in [0.1, 0.15) is 24.5 Å². The zero-order valence-corrected chi connectivity index (χ0v) is 15.4. The Morgan fingerprint density at radius 1 is 1.07 bits per heavy atom. The minimum atomic E-state index is -4.54. The molecule has 2 aromatic carbocycles. The SMILES string of the molecule is C[C@@H]1CC(=O)NN=C1c1ccc(NS(=O)(=O)c2ccc(C(F)(F)F)cc2)cc1. The first-order valence-electron chi connectivity index (χ1n) is 8.23. The highest BCUT2D eigenvalue weighted by atomic mass is 32.2. The molecule has 1 atom stereocenters. The Morgan fingerprint density at radius 2 is 1.68 bits per heavy atom. The van der Waals surface area contributed by atoms with Gasteiger partial charge in [-0.05, 0) is 42.0 Å². The molecule has 0 aliphatic carbocycles. The number of hydrazone groups is 1. The van der Waals surface area contributed by atoms with Crippen molar-refractivity contribution in [2.75, 3.05) is 4.72 Å². The molecule has 0 aromatic heterocycles. The first-order valence-corrected chi connectivity index (χ1v) is 9.71. The molecule has 0 bridgehead atoms. The van der Waals surface area contributed by atoms with Crippen molar-refractivity contribution >= 4 is 27.3 Å². The van der Waals surface area contributed by atoms with Crippen molar-refractivity contribution in [3.63, 3.8) is 0 Å². The van der Waals surface area contributed by atoms with E-state index in [2.05, 4.69) is 15.2 Å². The lowest BCUT2D eigenvalue weighted by atomic mass is 9.94. The molecule has 0 radical (unpaired) electrons. The van der Waals surface area contributed by atoms with Crippen LogP contribution >= 0.6 is 0 Å². The molecule has 2 aromatic rings. The molecular weight excluding hydrogens is 395 g/mol. The third-order valence-electron chi connectivity index (χ3n) is 4.18. The topological polar surface area (TPSA) is 87.6 Å². The van der Waals surface area contributed by atoms with Gasteiger partial charge in [0.2, 0.25) is 5.91 Å². The third kappa shape index (κ3) is 4.33. The van der Waals surface area contributed by atoms with E-state index in [1.807, 2.05) is 6.92 Å². The molecule has 3 rings (SSSR count). The first-order chi connectivity index (χ1) is 13.1. The van der Waals surface area contributed by atoms with E-state index in [1.165, 1.54) is 12.1 Å². The van der Waals surface area contributed by atoms with E-state index in [1.54, 1.807) is 12.1 Å². The third-order valence-corrected chi connectivity index (χ3v) is 5.58. The summed E-state index contributed by atoms with van der Waals surface area (Å²) < 4.78 is 64.9. The van der Waals surface area contributed by atoms with Gasteiger partial charge in [0.1, 0.15) is 0 Å². The molecule has 0 saturated carbocycles. The summed E-state index contributed by atoms with van der Waals surface area (Å²) in [6.45, 7) is 1.86. The maximum Gasteiger partial charge on any atom is 0.416 e. The van der Waals surface area contributed by atoms with Crippen molar-refractivity contribution in [3.8, 4) is 0 Å². The van der Waals surface area contributed by atoms with Crippen LogP contribution in [0.2, 0.25) is 0 Å². The fraction of sp³-hybridized carbons (Fsp3) is 0.222. The summed E-state index contributed by atoms with van der Waals surface area (Å²) in [5.74, 6) is -0.249. The predicted octanol–water partition coefficient (Wildman–Crippen LogP) is 3.37. The van der Waals surface area contributed by atoms with Gasteiger partial charge in [-0.25, -0.2) is 13.8 Å². The number of benzene rings is 2. The maximum absolute atomic E-state index is 12.6. The quantitative estimate of drug-likeness (QED) is 0.809. The molecule has 0 saturated heterocycles. The van der Waals surface area contributed by atoms with Crippen LogP contribution in [0.15, 0.2) is 58.5 Å². The van der Waals surface area contributed by atoms with Crippen molar-refractivity contribution in [2.24, 2.45) is 11.0 Å². The number of nitrogens with one attached hydrogen (secondary N) is 2. The summed E-state index contributed by atoms with van der Waals surface area (Å²) >= 11 is 0. The van der Waals surface area contributed by atoms with Crippen LogP contribution in [0.3, 0.4) is 0 Å². The minimum Gasteiger partial charge on any atom is -0.280 e. The number of sulfonamides is 1. The van der Waals surface area contributed by atoms with Crippen LogP contribution in [-0.4, -0.2) is 20.0 Å². The van der Waals surface area contributed by atoms with Gasteiger partial charge in [-0.15, -0.1) is 0 Å². The van der Waals surface area contributed by atoms with Gasteiger partial charge in [-0.3, -0.25) is 9.52 Å². The fourth-order valence-electron chi connectivity index (χ4n) is 2.75. The van der Waals surface area contributed by atoms with Gasteiger partial charge in [0.05, 0.1) is 16.2 Å². The number of hydrogen-bond acceptors (Lipinski definition) is 4. The molecule has 1 heterocycles. The lowest BCUT2D eigenvalue weighted by Crippen LogP contribution is -2.31. The molecule has 1 aliphatic rings. The van der Waals surface area contributed by atoms with Crippen LogP contribution < -0.4 is 10.1 Å². The number of anilines is 1. The molecule has 1 amide bonds. The zero-order chi connectivity index (χ0) is 20.5. The molecule has 148 valence electrons. The van der Waals surface area contributed by atoms with Crippen LogP contribution in [0.5, 0.6) is 0 Å². The van der Waals surface area contributed by atoms with E-state index in [-0.39, 0.29) is 22.4 Å². The Bertz CT molecular complexity index is 1010. The van der Waals surface area contributed by atoms with Gasteiger partial charge in [-0.1, -0.05) is 19.1 Å². The fourth-order valence-corrected chi connectivity index (χ4v) is 3.81. The van der Waals surface area contributed by atoms with Crippen molar-refractivity contribution in [3.05, 3.63) is 59.7 Å². The number of carbonyl (C=O) groups excluding carboxylic acids is 1. The van der Waals surface area contributed by atoms with Gasteiger partial charge < -0.3 is 0 Å². The maximum atomic E-state index is 12.6. The Kier molecular flexibility index (Phi) is 5.16. The molecular formula is C18H16F3N3O3S. The van der Waals surface area contributed by atoms with E-state index < -0.39 is 21.8 Å². The van der Waals surface area contributed by atoms with Gasteiger partial charge in [0.25, 0.3) is 10.0 Å². The van der Waals surface area contributed by atoms with E-state index in [4.69, 9.17) is 0 Å². The second-order valence-electron chi connectivity index (χ2n) is 6.34. The van der Waals surface area contributed by atoms with Crippen molar-refractivity contribution in [2.45, 2.75) is 24.4 Å². The van der Waals surface area contributed by atoms with Crippen molar-refractivity contribution in [1.29, 1.82) is 0 Å². The van der Waals surface area contributed by atoms with E-state index >= 15 is 0 Å². The zero-order valence-electron chi connectivity index (χ0n) is 14.6. The van der Waals surface area contributed by atoms with Gasteiger partial charge >= 0.3 is 6.18 Å². The van der Waals surface area contributed by atoms with Gasteiger partial charge in [0.15, 0.2) is 0 Å². The number of amides is 1. The van der Waals surface area contributed by atoms with Crippen LogP contribution in [0, 0.1) is 5.92 Å². The number of rotatable bonds is 4.